The third kappa shape index (κ3) is 4.03. The van der Waals surface area contributed by atoms with Gasteiger partial charge in [-0.25, -0.2) is 4.79 Å². The number of esters is 1. The molecule has 1 atom stereocenters. The molecule has 0 fully saturated rings. The van der Waals surface area contributed by atoms with E-state index < -0.39 is 5.97 Å². The summed E-state index contributed by atoms with van der Waals surface area (Å²) >= 11 is 1.10. The monoisotopic (exact) mass is 382 g/mol. The van der Waals surface area contributed by atoms with Gasteiger partial charge in [-0.1, -0.05) is 30.3 Å². The quantitative estimate of drug-likeness (QED) is 0.611. The summed E-state index contributed by atoms with van der Waals surface area (Å²) in [6.45, 7) is 2.40. The predicted octanol–water partition coefficient (Wildman–Crippen LogP) is 2.82. The highest BCUT2D eigenvalue weighted by Gasteiger charge is 2.27. The Hall–Kier alpha value is -3.08. The third-order valence-corrected chi connectivity index (χ3v) is 5.21. The molecule has 27 heavy (non-hydrogen) atoms. The lowest BCUT2D eigenvalue weighted by Gasteiger charge is -2.14. The van der Waals surface area contributed by atoms with Gasteiger partial charge in [0, 0.05) is 5.56 Å². The van der Waals surface area contributed by atoms with Crippen molar-refractivity contribution < 1.29 is 19.3 Å². The maximum Gasteiger partial charge on any atom is 0.348 e. The summed E-state index contributed by atoms with van der Waals surface area (Å²) in [4.78, 5) is 12.7. The number of nitrogens with zero attached hydrogens (tertiary/aromatic N) is 1. The maximum absolute atomic E-state index is 12.3. The van der Waals surface area contributed by atoms with E-state index in [9.17, 15) is 10.1 Å². The molecule has 0 saturated carbocycles. The number of hydrogen-bond donors (Lipinski definition) is 2. The lowest BCUT2D eigenvalue weighted by molar-refractivity contribution is -0.704. The zero-order valence-corrected chi connectivity index (χ0v) is 15.7. The van der Waals surface area contributed by atoms with E-state index in [1.165, 1.54) is 0 Å². The minimum atomic E-state index is -0.451. The highest BCUT2D eigenvalue weighted by Crippen LogP contribution is 2.31. The SMILES string of the molecule is CCOC(=O)c1sc(N)c(C#N)c1C[NH2+][C@@H](c1ccccc1)c1ccco1. The van der Waals surface area contributed by atoms with Crippen LogP contribution in [-0.4, -0.2) is 12.6 Å². The second-order valence-electron chi connectivity index (χ2n) is 5.82. The van der Waals surface area contributed by atoms with Gasteiger partial charge >= 0.3 is 5.97 Å². The van der Waals surface area contributed by atoms with E-state index in [1.54, 1.807) is 13.2 Å². The van der Waals surface area contributed by atoms with Crippen molar-refractivity contribution in [2.24, 2.45) is 0 Å². The Kier molecular flexibility index (Phi) is 5.91. The minimum absolute atomic E-state index is 0.107. The molecule has 3 rings (SSSR count). The number of quaternary nitrogens is 1. The largest absolute Gasteiger partial charge is 0.463 e. The first kappa shape index (κ1) is 18.7. The zero-order valence-electron chi connectivity index (χ0n) is 14.8. The average Bonchev–Trinajstić information content (AvgIpc) is 3.31. The summed E-state index contributed by atoms with van der Waals surface area (Å²) in [5.74, 6) is 0.342. The van der Waals surface area contributed by atoms with Crippen LogP contribution in [0.4, 0.5) is 5.00 Å². The van der Waals surface area contributed by atoms with Gasteiger partial charge in [0.15, 0.2) is 11.8 Å². The first-order chi connectivity index (χ1) is 13.2. The first-order valence-corrected chi connectivity index (χ1v) is 9.37. The van der Waals surface area contributed by atoms with Crippen LogP contribution in [0.25, 0.3) is 0 Å². The Morgan fingerprint density at radius 3 is 2.74 bits per heavy atom. The van der Waals surface area contributed by atoms with Gasteiger partial charge < -0.3 is 20.2 Å². The standard InChI is InChI=1S/C20H19N3O3S/c1-2-25-20(24)18-15(14(11-21)19(22)27-18)12-23-17(16-9-6-10-26-16)13-7-4-3-5-8-13/h3-10,17,23H,2,12,22H2,1H3/p+1/t17-/m0/s1. The van der Waals surface area contributed by atoms with Gasteiger partial charge in [0.1, 0.15) is 22.5 Å². The zero-order chi connectivity index (χ0) is 19.2. The number of rotatable bonds is 7. The highest BCUT2D eigenvalue weighted by atomic mass is 32.1. The van der Waals surface area contributed by atoms with Crippen LogP contribution < -0.4 is 11.1 Å². The molecular weight excluding hydrogens is 362 g/mol. The van der Waals surface area contributed by atoms with E-state index in [2.05, 4.69) is 6.07 Å². The predicted molar refractivity (Wildman–Crippen MR) is 102 cm³/mol. The molecule has 0 amide bonds. The summed E-state index contributed by atoms with van der Waals surface area (Å²) in [5.41, 5.74) is 7.96. The van der Waals surface area contributed by atoms with Gasteiger partial charge in [0.2, 0.25) is 0 Å². The maximum atomic E-state index is 12.3. The topological polar surface area (TPSA) is 106 Å². The van der Waals surface area contributed by atoms with Crippen LogP contribution in [0.15, 0.2) is 53.1 Å². The van der Waals surface area contributed by atoms with Crippen LogP contribution in [0.5, 0.6) is 0 Å². The number of ether oxygens (including phenoxy) is 1. The van der Waals surface area contributed by atoms with Crippen molar-refractivity contribution in [1.29, 1.82) is 5.26 Å². The number of hydrogen-bond acceptors (Lipinski definition) is 6. The van der Waals surface area contributed by atoms with E-state index in [4.69, 9.17) is 14.9 Å². The molecule has 0 bridgehead atoms. The van der Waals surface area contributed by atoms with Crippen molar-refractivity contribution in [1.82, 2.24) is 0 Å². The molecule has 6 nitrogen and oxygen atoms in total. The van der Waals surface area contributed by atoms with Crippen molar-refractivity contribution in [3.05, 3.63) is 76.1 Å². The second-order valence-corrected chi connectivity index (χ2v) is 6.88. The van der Waals surface area contributed by atoms with Crippen LogP contribution in [0.3, 0.4) is 0 Å². The molecule has 7 heteroatoms. The molecule has 0 aliphatic rings. The van der Waals surface area contributed by atoms with Crippen LogP contribution in [0.1, 0.15) is 45.1 Å². The van der Waals surface area contributed by atoms with Gasteiger partial charge in [0.05, 0.1) is 24.0 Å². The van der Waals surface area contributed by atoms with Crippen molar-refractivity contribution in [2.45, 2.75) is 19.5 Å². The normalized spacial score (nSPS) is 11.7. The Labute approximate surface area is 161 Å². The van der Waals surface area contributed by atoms with Crippen LogP contribution in [-0.2, 0) is 11.3 Å². The number of carbonyl (C=O) groups excluding carboxylic acids is 1. The molecule has 2 aromatic heterocycles. The minimum Gasteiger partial charge on any atom is -0.463 e. The molecule has 2 heterocycles. The van der Waals surface area contributed by atoms with Gasteiger partial charge in [0.25, 0.3) is 0 Å². The molecule has 4 N–H and O–H groups in total. The molecule has 0 spiro atoms. The number of benzene rings is 1. The highest BCUT2D eigenvalue weighted by molar-refractivity contribution is 7.18. The van der Waals surface area contributed by atoms with Crippen LogP contribution >= 0.6 is 11.3 Å². The van der Waals surface area contributed by atoms with Crippen molar-refractivity contribution >= 4 is 22.3 Å². The van der Waals surface area contributed by atoms with E-state index in [-0.39, 0.29) is 12.6 Å². The van der Waals surface area contributed by atoms with Crippen molar-refractivity contribution in [3.8, 4) is 6.07 Å². The third-order valence-electron chi connectivity index (χ3n) is 4.17. The molecule has 1 aromatic carbocycles. The Morgan fingerprint density at radius 1 is 1.33 bits per heavy atom. The number of nitrogen functional groups attached to an aromatic ring is 1. The fourth-order valence-corrected chi connectivity index (χ4v) is 3.89. The summed E-state index contributed by atoms with van der Waals surface area (Å²) in [7, 11) is 0. The second kappa shape index (κ2) is 8.54. The number of nitrogens with two attached hydrogens (primary N) is 2. The van der Waals surface area contributed by atoms with Crippen LogP contribution in [0, 0.1) is 11.3 Å². The number of thiophene rings is 1. The van der Waals surface area contributed by atoms with Gasteiger partial charge in [-0.15, -0.1) is 11.3 Å². The van der Waals surface area contributed by atoms with Crippen molar-refractivity contribution in [2.75, 3.05) is 12.3 Å². The molecule has 0 saturated heterocycles. The summed E-state index contributed by atoms with van der Waals surface area (Å²) < 4.78 is 10.7. The Balaban J connectivity index is 1.92. The molecular formula is C20H20N3O3S+. The number of furan rings is 1. The van der Waals surface area contributed by atoms with E-state index >= 15 is 0 Å². The first-order valence-electron chi connectivity index (χ1n) is 8.55. The van der Waals surface area contributed by atoms with Gasteiger partial charge in [-0.2, -0.15) is 5.26 Å². The summed E-state index contributed by atoms with van der Waals surface area (Å²) in [5, 5.41) is 11.8. The van der Waals surface area contributed by atoms with E-state index in [0.29, 0.717) is 27.5 Å². The van der Waals surface area contributed by atoms with E-state index in [1.807, 2.05) is 47.8 Å². The molecule has 0 unspecified atom stereocenters. The lowest BCUT2D eigenvalue weighted by Crippen LogP contribution is -2.84. The average molecular weight is 382 g/mol. The number of anilines is 1. The van der Waals surface area contributed by atoms with Crippen LogP contribution in [0.2, 0.25) is 0 Å². The molecule has 138 valence electrons. The smallest absolute Gasteiger partial charge is 0.348 e. The Morgan fingerprint density at radius 2 is 2.11 bits per heavy atom. The molecule has 0 aliphatic carbocycles. The fraction of sp³-hybridized carbons (Fsp3) is 0.200. The Bertz CT molecular complexity index is 943. The van der Waals surface area contributed by atoms with Gasteiger partial charge in [-0.05, 0) is 19.1 Å². The van der Waals surface area contributed by atoms with Crippen molar-refractivity contribution in [3.63, 3.8) is 0 Å². The number of nitriles is 1. The lowest BCUT2D eigenvalue weighted by atomic mass is 10.0. The number of carbonyl (C=O) groups is 1. The van der Waals surface area contributed by atoms with Gasteiger partial charge in [-0.3, -0.25) is 0 Å². The summed E-state index contributed by atoms with van der Waals surface area (Å²) in [6.07, 6.45) is 1.63. The fourth-order valence-electron chi connectivity index (χ4n) is 2.94. The molecule has 3 aromatic rings. The molecule has 0 aliphatic heterocycles. The molecule has 0 radical (unpaired) electrons. The summed E-state index contributed by atoms with van der Waals surface area (Å²) in [6, 6.07) is 15.7. The van der Waals surface area contributed by atoms with E-state index in [0.717, 1.165) is 22.7 Å².